The van der Waals surface area contributed by atoms with Crippen molar-refractivity contribution in [3.63, 3.8) is 0 Å². The van der Waals surface area contributed by atoms with E-state index in [1.165, 1.54) is 0 Å². The molecule has 1 fully saturated rings. The van der Waals surface area contributed by atoms with Crippen molar-refractivity contribution in [1.29, 1.82) is 0 Å². The van der Waals surface area contributed by atoms with Gasteiger partial charge < -0.3 is 14.7 Å². The van der Waals surface area contributed by atoms with E-state index in [9.17, 15) is 9.90 Å². The predicted molar refractivity (Wildman–Crippen MR) is 82.2 cm³/mol. The van der Waals surface area contributed by atoms with Crippen LogP contribution in [0, 0.1) is 5.92 Å². The van der Waals surface area contributed by atoms with Crippen molar-refractivity contribution >= 4 is 17.5 Å². The van der Waals surface area contributed by atoms with E-state index in [0.717, 1.165) is 5.56 Å². The Morgan fingerprint density at radius 2 is 2.19 bits per heavy atom. The van der Waals surface area contributed by atoms with Crippen LogP contribution in [0.15, 0.2) is 24.3 Å². The highest BCUT2D eigenvalue weighted by molar-refractivity contribution is 6.31. The zero-order chi connectivity index (χ0) is 15.4. The number of benzene rings is 1. The zero-order valence-electron chi connectivity index (χ0n) is 12.5. The van der Waals surface area contributed by atoms with Gasteiger partial charge in [0.2, 0.25) is 5.91 Å². The van der Waals surface area contributed by atoms with Gasteiger partial charge in [-0.2, -0.15) is 0 Å². The van der Waals surface area contributed by atoms with Crippen molar-refractivity contribution in [2.45, 2.75) is 32.5 Å². The number of ether oxygens (including phenoxy) is 1. The summed E-state index contributed by atoms with van der Waals surface area (Å²) in [7, 11) is 0. The summed E-state index contributed by atoms with van der Waals surface area (Å²) in [5, 5.41) is 10.5. The van der Waals surface area contributed by atoms with E-state index < -0.39 is 6.10 Å². The third-order valence-electron chi connectivity index (χ3n) is 3.82. The lowest BCUT2D eigenvalue weighted by Gasteiger charge is -2.34. The van der Waals surface area contributed by atoms with Crippen LogP contribution in [0.5, 0.6) is 0 Å². The fourth-order valence-electron chi connectivity index (χ4n) is 2.34. The molecule has 2 unspecified atom stereocenters. The Labute approximate surface area is 130 Å². The second-order valence-electron chi connectivity index (χ2n) is 5.74. The second kappa shape index (κ2) is 7.25. The number of hydrogen-bond donors (Lipinski definition) is 1. The molecular formula is C16H22ClNO3. The quantitative estimate of drug-likeness (QED) is 0.930. The molecule has 0 saturated carbocycles. The summed E-state index contributed by atoms with van der Waals surface area (Å²) in [6, 6.07) is 7.53. The number of hydrogen-bond acceptors (Lipinski definition) is 3. The topological polar surface area (TPSA) is 49.8 Å². The number of amides is 1. The molecule has 5 heteroatoms. The fraction of sp³-hybridized carbons (Fsp3) is 0.562. The van der Waals surface area contributed by atoms with Gasteiger partial charge in [0.05, 0.1) is 25.7 Å². The van der Waals surface area contributed by atoms with E-state index in [-0.39, 0.29) is 24.3 Å². The minimum absolute atomic E-state index is 0.0310. The molecule has 1 aliphatic rings. The van der Waals surface area contributed by atoms with Crippen LogP contribution >= 0.6 is 11.6 Å². The lowest BCUT2D eigenvalue weighted by Crippen LogP contribution is -2.43. The van der Waals surface area contributed by atoms with Gasteiger partial charge in [0.1, 0.15) is 6.10 Å². The van der Waals surface area contributed by atoms with Gasteiger partial charge >= 0.3 is 0 Å². The van der Waals surface area contributed by atoms with E-state index in [0.29, 0.717) is 24.7 Å². The monoisotopic (exact) mass is 311 g/mol. The van der Waals surface area contributed by atoms with Crippen molar-refractivity contribution in [3.05, 3.63) is 34.9 Å². The van der Waals surface area contributed by atoms with Gasteiger partial charge in [-0.3, -0.25) is 4.79 Å². The molecule has 0 spiro atoms. The minimum atomic E-state index is -0.598. The van der Waals surface area contributed by atoms with Crippen LogP contribution in [0.1, 0.15) is 31.9 Å². The Kier molecular flexibility index (Phi) is 5.62. The molecule has 1 saturated heterocycles. The average molecular weight is 312 g/mol. The lowest BCUT2D eigenvalue weighted by atomic mass is 10.0. The SMILES string of the molecule is CC(C)C(O)CC(=O)N1CCOC(c2ccccc2Cl)C1. The van der Waals surface area contributed by atoms with Crippen LogP contribution < -0.4 is 0 Å². The van der Waals surface area contributed by atoms with Gasteiger partial charge in [-0.1, -0.05) is 43.6 Å². The molecule has 1 aliphatic heterocycles. The molecule has 116 valence electrons. The highest BCUT2D eigenvalue weighted by atomic mass is 35.5. The molecule has 1 N–H and O–H groups in total. The number of nitrogens with zero attached hydrogens (tertiary/aromatic N) is 1. The number of aliphatic hydroxyl groups is 1. The molecule has 1 heterocycles. The first-order valence-corrected chi connectivity index (χ1v) is 7.68. The molecule has 2 rings (SSSR count). The first-order valence-electron chi connectivity index (χ1n) is 7.31. The van der Waals surface area contributed by atoms with E-state index in [2.05, 4.69) is 0 Å². The number of carbonyl (C=O) groups excluding carboxylic acids is 1. The van der Waals surface area contributed by atoms with Crippen LogP contribution in [0.2, 0.25) is 5.02 Å². The van der Waals surface area contributed by atoms with Crippen LogP contribution in [-0.4, -0.2) is 41.7 Å². The van der Waals surface area contributed by atoms with Crippen LogP contribution in [-0.2, 0) is 9.53 Å². The highest BCUT2D eigenvalue weighted by Gasteiger charge is 2.28. The molecule has 1 amide bonds. The Hall–Kier alpha value is -1.10. The van der Waals surface area contributed by atoms with Gasteiger partial charge in [-0.15, -0.1) is 0 Å². The first-order chi connectivity index (χ1) is 9.99. The summed E-state index contributed by atoms with van der Waals surface area (Å²) in [5.74, 6) is 0.0471. The van der Waals surface area contributed by atoms with Crippen molar-refractivity contribution in [2.24, 2.45) is 5.92 Å². The Balaban J connectivity index is 2.01. The number of halogens is 1. The van der Waals surface area contributed by atoms with Crippen LogP contribution in [0.25, 0.3) is 0 Å². The Morgan fingerprint density at radius 3 is 2.86 bits per heavy atom. The maximum Gasteiger partial charge on any atom is 0.225 e. The highest BCUT2D eigenvalue weighted by Crippen LogP contribution is 2.28. The number of carbonyl (C=O) groups is 1. The van der Waals surface area contributed by atoms with E-state index in [1.807, 2.05) is 38.1 Å². The molecule has 0 aromatic heterocycles. The van der Waals surface area contributed by atoms with Crippen molar-refractivity contribution in [1.82, 2.24) is 4.90 Å². The molecule has 0 radical (unpaired) electrons. The standard InChI is InChI=1S/C16H22ClNO3/c1-11(2)14(19)9-16(20)18-7-8-21-15(10-18)12-5-3-4-6-13(12)17/h3-6,11,14-15,19H,7-10H2,1-2H3. The van der Waals surface area contributed by atoms with Crippen LogP contribution in [0.3, 0.4) is 0 Å². The van der Waals surface area contributed by atoms with Crippen molar-refractivity contribution in [2.75, 3.05) is 19.7 Å². The molecule has 1 aromatic rings. The summed E-state index contributed by atoms with van der Waals surface area (Å²) >= 11 is 6.19. The van der Waals surface area contributed by atoms with E-state index in [4.69, 9.17) is 16.3 Å². The summed E-state index contributed by atoms with van der Waals surface area (Å²) < 4.78 is 5.74. The van der Waals surface area contributed by atoms with Gasteiger partial charge in [0.25, 0.3) is 0 Å². The average Bonchev–Trinajstić information content (AvgIpc) is 2.47. The summed E-state index contributed by atoms with van der Waals surface area (Å²) in [5.41, 5.74) is 0.904. The molecule has 1 aromatic carbocycles. The maximum atomic E-state index is 12.3. The smallest absolute Gasteiger partial charge is 0.225 e. The summed E-state index contributed by atoms with van der Waals surface area (Å²) in [6.45, 7) is 5.34. The Morgan fingerprint density at radius 1 is 1.48 bits per heavy atom. The van der Waals surface area contributed by atoms with Crippen molar-refractivity contribution in [3.8, 4) is 0 Å². The molecule has 0 bridgehead atoms. The molecule has 2 atom stereocenters. The fourth-order valence-corrected chi connectivity index (χ4v) is 2.60. The molecule has 4 nitrogen and oxygen atoms in total. The van der Waals surface area contributed by atoms with Gasteiger partial charge in [0.15, 0.2) is 0 Å². The van der Waals surface area contributed by atoms with Gasteiger partial charge in [0, 0.05) is 17.1 Å². The second-order valence-corrected chi connectivity index (χ2v) is 6.14. The maximum absolute atomic E-state index is 12.3. The summed E-state index contributed by atoms with van der Waals surface area (Å²) in [4.78, 5) is 14.0. The lowest BCUT2D eigenvalue weighted by molar-refractivity contribution is -0.141. The Bertz CT molecular complexity index is 492. The number of rotatable bonds is 4. The van der Waals surface area contributed by atoms with Crippen LogP contribution in [0.4, 0.5) is 0 Å². The summed E-state index contributed by atoms with van der Waals surface area (Å²) in [6.07, 6.45) is -0.640. The third-order valence-corrected chi connectivity index (χ3v) is 4.17. The van der Waals surface area contributed by atoms with Gasteiger partial charge in [-0.25, -0.2) is 0 Å². The predicted octanol–water partition coefficient (Wildman–Crippen LogP) is 2.65. The minimum Gasteiger partial charge on any atom is -0.392 e. The number of aliphatic hydroxyl groups excluding tert-OH is 1. The van der Waals surface area contributed by atoms with Gasteiger partial charge in [-0.05, 0) is 12.0 Å². The molecule has 0 aliphatic carbocycles. The van der Waals surface area contributed by atoms with E-state index >= 15 is 0 Å². The number of morpholine rings is 1. The first kappa shape index (κ1) is 16.3. The van der Waals surface area contributed by atoms with Crippen molar-refractivity contribution < 1.29 is 14.6 Å². The zero-order valence-corrected chi connectivity index (χ0v) is 13.2. The van der Waals surface area contributed by atoms with E-state index in [1.54, 1.807) is 4.90 Å². The molecular weight excluding hydrogens is 290 g/mol. The normalized spacial score (nSPS) is 20.6. The largest absolute Gasteiger partial charge is 0.392 e. The third kappa shape index (κ3) is 4.19. The molecule has 21 heavy (non-hydrogen) atoms.